The molecule has 1 aliphatic carbocycles. The minimum Gasteiger partial charge on any atom is -0.399 e. The first kappa shape index (κ1) is 11.2. The molecule has 0 spiro atoms. The van der Waals surface area contributed by atoms with E-state index in [2.05, 4.69) is 6.92 Å². The predicted octanol–water partition coefficient (Wildman–Crippen LogP) is 3.13. The van der Waals surface area contributed by atoms with Crippen molar-refractivity contribution in [1.29, 1.82) is 0 Å². The van der Waals surface area contributed by atoms with Gasteiger partial charge in [-0.2, -0.15) is 0 Å². The first-order chi connectivity index (χ1) is 7.66. The van der Waals surface area contributed by atoms with Crippen molar-refractivity contribution in [1.82, 2.24) is 0 Å². The van der Waals surface area contributed by atoms with E-state index in [9.17, 15) is 4.79 Å². The average Bonchev–Trinajstić information content (AvgIpc) is 2.15. The van der Waals surface area contributed by atoms with Gasteiger partial charge in [0.2, 0.25) is 0 Å². The molecule has 0 amide bonds. The normalized spacial score (nSPS) is 17.8. The monoisotopic (exact) mass is 217 g/mol. The molecule has 2 nitrogen and oxygen atoms in total. The zero-order valence-electron chi connectivity index (χ0n) is 9.78. The molecule has 1 aromatic rings. The fourth-order valence-corrected chi connectivity index (χ4v) is 2.14. The van der Waals surface area contributed by atoms with E-state index in [4.69, 9.17) is 5.73 Å². The van der Waals surface area contributed by atoms with Crippen LogP contribution in [0.5, 0.6) is 0 Å². The standard InChI is InChI=1S/C14H19NO/c1-10(9-14(16)12-3-2-4-12)11-5-7-13(15)8-6-11/h5-8,10,12H,2-4,9,15H2,1H3. The van der Waals surface area contributed by atoms with Gasteiger partial charge >= 0.3 is 0 Å². The van der Waals surface area contributed by atoms with E-state index in [1.807, 2.05) is 24.3 Å². The molecule has 86 valence electrons. The molecule has 2 N–H and O–H groups in total. The number of nitrogen functional groups attached to an aromatic ring is 1. The summed E-state index contributed by atoms with van der Waals surface area (Å²) < 4.78 is 0. The minimum absolute atomic E-state index is 0.314. The molecule has 0 radical (unpaired) electrons. The van der Waals surface area contributed by atoms with Crippen molar-refractivity contribution < 1.29 is 4.79 Å². The third-order valence-corrected chi connectivity index (χ3v) is 3.57. The van der Waals surface area contributed by atoms with Gasteiger partial charge in [0.25, 0.3) is 0 Å². The van der Waals surface area contributed by atoms with Crippen LogP contribution in [0.2, 0.25) is 0 Å². The first-order valence-electron chi connectivity index (χ1n) is 6.05. The van der Waals surface area contributed by atoms with Crippen LogP contribution in [0.15, 0.2) is 24.3 Å². The van der Waals surface area contributed by atoms with Gasteiger partial charge in [0.05, 0.1) is 0 Å². The maximum atomic E-state index is 11.9. The highest BCUT2D eigenvalue weighted by Gasteiger charge is 2.26. The van der Waals surface area contributed by atoms with E-state index in [1.165, 1.54) is 12.0 Å². The van der Waals surface area contributed by atoms with Crippen molar-refractivity contribution in [2.75, 3.05) is 5.73 Å². The number of benzene rings is 1. The van der Waals surface area contributed by atoms with Crippen molar-refractivity contribution >= 4 is 11.5 Å². The number of hydrogen-bond donors (Lipinski definition) is 1. The molecule has 1 saturated carbocycles. The molecule has 1 aliphatic rings. The summed E-state index contributed by atoms with van der Waals surface area (Å²) in [6, 6.07) is 7.85. The van der Waals surface area contributed by atoms with E-state index in [-0.39, 0.29) is 0 Å². The molecule has 1 atom stereocenters. The summed E-state index contributed by atoms with van der Waals surface area (Å²) in [5.41, 5.74) is 7.63. The molecule has 16 heavy (non-hydrogen) atoms. The molecule has 0 saturated heterocycles. The predicted molar refractivity (Wildman–Crippen MR) is 66.2 cm³/mol. The van der Waals surface area contributed by atoms with E-state index < -0.39 is 0 Å². The summed E-state index contributed by atoms with van der Waals surface area (Å²) in [6.45, 7) is 2.11. The van der Waals surface area contributed by atoms with Crippen molar-refractivity contribution in [3.8, 4) is 0 Å². The Hall–Kier alpha value is -1.31. The highest BCUT2D eigenvalue weighted by molar-refractivity contribution is 5.82. The molecule has 2 rings (SSSR count). The van der Waals surface area contributed by atoms with Crippen molar-refractivity contribution in [3.63, 3.8) is 0 Å². The van der Waals surface area contributed by atoms with Crippen molar-refractivity contribution in [2.45, 2.75) is 38.5 Å². The lowest BCUT2D eigenvalue weighted by molar-refractivity contribution is -0.125. The van der Waals surface area contributed by atoms with Crippen LogP contribution in [0.1, 0.15) is 44.1 Å². The number of anilines is 1. The van der Waals surface area contributed by atoms with Gasteiger partial charge in [-0.05, 0) is 36.5 Å². The molecule has 0 aromatic heterocycles. The Kier molecular flexibility index (Phi) is 3.28. The van der Waals surface area contributed by atoms with Crippen molar-refractivity contribution in [2.24, 2.45) is 5.92 Å². The summed E-state index contributed by atoms with van der Waals surface area (Å²) in [4.78, 5) is 11.9. The SMILES string of the molecule is CC(CC(=O)C1CCC1)c1ccc(N)cc1. The van der Waals surface area contributed by atoms with Gasteiger partial charge in [0.1, 0.15) is 5.78 Å². The van der Waals surface area contributed by atoms with Crippen LogP contribution in [0, 0.1) is 5.92 Å². The van der Waals surface area contributed by atoms with E-state index in [0.717, 1.165) is 18.5 Å². The van der Waals surface area contributed by atoms with E-state index >= 15 is 0 Å². The molecule has 1 fully saturated rings. The third-order valence-electron chi connectivity index (χ3n) is 3.57. The molecule has 1 unspecified atom stereocenters. The maximum absolute atomic E-state index is 11.9. The Morgan fingerprint density at radius 2 is 2.00 bits per heavy atom. The summed E-state index contributed by atoms with van der Waals surface area (Å²) in [7, 11) is 0. The van der Waals surface area contributed by atoms with E-state index in [1.54, 1.807) is 0 Å². The zero-order valence-corrected chi connectivity index (χ0v) is 9.78. The Bertz CT molecular complexity index is 365. The van der Waals surface area contributed by atoms with Gasteiger partial charge in [-0.25, -0.2) is 0 Å². The molecule has 0 aliphatic heterocycles. The lowest BCUT2D eigenvalue weighted by atomic mass is 9.79. The van der Waals surface area contributed by atoms with Crippen LogP contribution in [-0.4, -0.2) is 5.78 Å². The summed E-state index contributed by atoms with van der Waals surface area (Å²) >= 11 is 0. The fourth-order valence-electron chi connectivity index (χ4n) is 2.14. The largest absolute Gasteiger partial charge is 0.399 e. The maximum Gasteiger partial charge on any atom is 0.136 e. The van der Waals surface area contributed by atoms with Gasteiger partial charge in [0.15, 0.2) is 0 Å². The van der Waals surface area contributed by atoms with Gasteiger partial charge in [0, 0.05) is 18.0 Å². The smallest absolute Gasteiger partial charge is 0.136 e. The molecule has 0 bridgehead atoms. The highest BCUT2D eigenvalue weighted by Crippen LogP contribution is 2.31. The zero-order chi connectivity index (χ0) is 11.5. The number of Topliss-reactive ketones (excluding diaryl/α,β-unsaturated/α-hetero) is 1. The Balaban J connectivity index is 1.94. The topological polar surface area (TPSA) is 43.1 Å². The third kappa shape index (κ3) is 2.43. The Morgan fingerprint density at radius 3 is 2.50 bits per heavy atom. The number of hydrogen-bond acceptors (Lipinski definition) is 2. The molecular weight excluding hydrogens is 198 g/mol. The quantitative estimate of drug-likeness (QED) is 0.787. The highest BCUT2D eigenvalue weighted by atomic mass is 16.1. The molecule has 0 heterocycles. The second-order valence-electron chi connectivity index (χ2n) is 4.87. The summed E-state index contributed by atoms with van der Waals surface area (Å²) in [5.74, 6) is 1.11. The molecular formula is C14H19NO. The Morgan fingerprint density at radius 1 is 1.38 bits per heavy atom. The van der Waals surface area contributed by atoms with Crippen LogP contribution < -0.4 is 5.73 Å². The van der Waals surface area contributed by atoms with Crippen LogP contribution in [0.25, 0.3) is 0 Å². The number of rotatable bonds is 4. The number of carbonyl (C=O) groups excluding carboxylic acids is 1. The molecule has 1 aromatic carbocycles. The van der Waals surface area contributed by atoms with Crippen molar-refractivity contribution in [3.05, 3.63) is 29.8 Å². The summed E-state index contributed by atoms with van der Waals surface area (Å²) in [6.07, 6.45) is 4.11. The number of ketones is 1. The van der Waals surface area contributed by atoms with Gasteiger partial charge < -0.3 is 5.73 Å². The van der Waals surface area contributed by atoms with Crippen LogP contribution in [-0.2, 0) is 4.79 Å². The Labute approximate surface area is 96.8 Å². The van der Waals surface area contributed by atoms with Crippen LogP contribution in [0.4, 0.5) is 5.69 Å². The number of carbonyl (C=O) groups is 1. The van der Waals surface area contributed by atoms with E-state index in [0.29, 0.717) is 24.0 Å². The summed E-state index contributed by atoms with van der Waals surface area (Å²) in [5, 5.41) is 0. The van der Waals surface area contributed by atoms with Gasteiger partial charge in [-0.15, -0.1) is 0 Å². The van der Waals surface area contributed by atoms with Gasteiger partial charge in [-0.3, -0.25) is 4.79 Å². The fraction of sp³-hybridized carbons (Fsp3) is 0.500. The number of nitrogens with two attached hydrogens (primary N) is 1. The average molecular weight is 217 g/mol. The second kappa shape index (κ2) is 4.69. The van der Waals surface area contributed by atoms with Crippen LogP contribution in [0.3, 0.4) is 0 Å². The lowest BCUT2D eigenvalue weighted by Crippen LogP contribution is -2.23. The lowest BCUT2D eigenvalue weighted by Gasteiger charge is -2.25. The van der Waals surface area contributed by atoms with Gasteiger partial charge in [-0.1, -0.05) is 25.5 Å². The minimum atomic E-state index is 0.314. The molecule has 2 heteroatoms. The second-order valence-corrected chi connectivity index (χ2v) is 4.87. The first-order valence-corrected chi connectivity index (χ1v) is 6.05. The van der Waals surface area contributed by atoms with Crippen LogP contribution >= 0.6 is 0 Å².